The van der Waals surface area contributed by atoms with Gasteiger partial charge in [0.25, 0.3) is 0 Å². The third kappa shape index (κ3) is 3.69. The van der Waals surface area contributed by atoms with Crippen molar-refractivity contribution in [3.63, 3.8) is 0 Å². The van der Waals surface area contributed by atoms with Crippen LogP contribution in [0.4, 0.5) is 0 Å². The smallest absolute Gasteiger partial charge is 0.248 e. The Kier molecular flexibility index (Phi) is 4.92. The third-order valence-electron chi connectivity index (χ3n) is 5.11. The Morgan fingerprint density at radius 3 is 2.57 bits per heavy atom. The fraction of sp³-hybridized carbons (Fsp3) is 0.882. The summed E-state index contributed by atoms with van der Waals surface area (Å²) in [5.41, 5.74) is -0.246. The van der Waals surface area contributed by atoms with Crippen molar-refractivity contribution in [3.8, 4) is 0 Å². The second-order valence-corrected chi connectivity index (χ2v) is 7.39. The molecule has 23 heavy (non-hydrogen) atoms. The normalized spacial score (nSPS) is 26.7. The van der Waals surface area contributed by atoms with Crippen molar-refractivity contribution in [1.82, 2.24) is 9.80 Å². The lowest BCUT2D eigenvalue weighted by Crippen LogP contribution is -2.67. The number of hydrogen-bond acceptors (Lipinski definition) is 4. The van der Waals surface area contributed by atoms with E-state index in [1.54, 1.807) is 0 Å². The van der Waals surface area contributed by atoms with Gasteiger partial charge in [-0.3, -0.25) is 9.59 Å². The number of ether oxygens (including phenoxy) is 2. The summed E-state index contributed by atoms with van der Waals surface area (Å²) in [6.07, 6.45) is 3.87. The molecule has 3 saturated heterocycles. The van der Waals surface area contributed by atoms with Crippen LogP contribution in [0, 0.1) is 5.92 Å². The summed E-state index contributed by atoms with van der Waals surface area (Å²) in [4.78, 5) is 27.8. The van der Waals surface area contributed by atoms with Gasteiger partial charge in [-0.05, 0) is 19.3 Å². The largest absolute Gasteiger partial charge is 0.371 e. The first kappa shape index (κ1) is 16.7. The topological polar surface area (TPSA) is 59.1 Å². The van der Waals surface area contributed by atoms with Crippen LogP contribution in [0.25, 0.3) is 0 Å². The van der Waals surface area contributed by atoms with Gasteiger partial charge in [-0.15, -0.1) is 0 Å². The van der Waals surface area contributed by atoms with Gasteiger partial charge in [0.15, 0.2) is 0 Å². The molecule has 6 nitrogen and oxygen atoms in total. The maximum Gasteiger partial charge on any atom is 0.248 e. The van der Waals surface area contributed by atoms with E-state index in [0.717, 1.165) is 38.8 Å². The van der Waals surface area contributed by atoms with Crippen LogP contribution >= 0.6 is 0 Å². The average molecular weight is 324 g/mol. The van der Waals surface area contributed by atoms with Crippen molar-refractivity contribution < 1.29 is 19.1 Å². The molecule has 3 fully saturated rings. The van der Waals surface area contributed by atoms with Crippen LogP contribution < -0.4 is 0 Å². The molecule has 3 heterocycles. The fourth-order valence-corrected chi connectivity index (χ4v) is 3.76. The number of amides is 2. The Morgan fingerprint density at radius 2 is 1.91 bits per heavy atom. The molecule has 0 aliphatic carbocycles. The van der Waals surface area contributed by atoms with Gasteiger partial charge in [-0.2, -0.15) is 0 Å². The van der Waals surface area contributed by atoms with Crippen LogP contribution in [-0.4, -0.2) is 72.7 Å². The highest BCUT2D eigenvalue weighted by Gasteiger charge is 2.49. The van der Waals surface area contributed by atoms with Crippen LogP contribution in [0.15, 0.2) is 0 Å². The van der Waals surface area contributed by atoms with Crippen molar-refractivity contribution >= 4 is 11.8 Å². The summed E-state index contributed by atoms with van der Waals surface area (Å²) in [6, 6.07) is 0. The summed E-state index contributed by atoms with van der Waals surface area (Å²) in [6.45, 7) is 7.71. The highest BCUT2D eigenvalue weighted by molar-refractivity contribution is 5.79. The molecule has 0 radical (unpaired) electrons. The molecule has 2 amide bonds. The summed E-state index contributed by atoms with van der Waals surface area (Å²) in [7, 11) is 0. The van der Waals surface area contributed by atoms with E-state index in [-0.39, 0.29) is 36.0 Å². The van der Waals surface area contributed by atoms with Gasteiger partial charge in [-0.1, -0.05) is 13.8 Å². The molecule has 3 aliphatic rings. The van der Waals surface area contributed by atoms with E-state index in [0.29, 0.717) is 19.7 Å². The van der Waals surface area contributed by atoms with E-state index in [4.69, 9.17) is 9.47 Å². The highest BCUT2D eigenvalue weighted by Crippen LogP contribution is 2.36. The van der Waals surface area contributed by atoms with Crippen molar-refractivity contribution in [2.45, 2.75) is 51.2 Å². The molecule has 1 atom stereocenters. The van der Waals surface area contributed by atoms with Gasteiger partial charge in [0.2, 0.25) is 11.8 Å². The van der Waals surface area contributed by atoms with Gasteiger partial charge in [0.05, 0.1) is 19.2 Å². The predicted octanol–water partition coefficient (Wildman–Crippen LogP) is 1.04. The molecule has 1 unspecified atom stereocenters. The number of likely N-dealkylation sites (tertiary alicyclic amines) is 2. The second kappa shape index (κ2) is 6.77. The zero-order chi connectivity index (χ0) is 16.4. The van der Waals surface area contributed by atoms with Gasteiger partial charge >= 0.3 is 0 Å². The zero-order valence-corrected chi connectivity index (χ0v) is 14.3. The minimum atomic E-state index is -0.246. The number of hydrogen-bond donors (Lipinski definition) is 0. The molecule has 0 N–H and O–H groups in total. The monoisotopic (exact) mass is 324 g/mol. The SMILES string of the molecule is CC(C)C(=O)N1CC2(CC(OCC(=O)N3CCCC3)CCO2)C1. The van der Waals surface area contributed by atoms with Crippen LogP contribution in [0.3, 0.4) is 0 Å². The predicted molar refractivity (Wildman–Crippen MR) is 84.9 cm³/mol. The lowest BCUT2D eigenvalue weighted by molar-refractivity contribution is -0.203. The molecular formula is C17H28N2O4. The quantitative estimate of drug-likeness (QED) is 0.775. The van der Waals surface area contributed by atoms with E-state index in [9.17, 15) is 9.59 Å². The van der Waals surface area contributed by atoms with Gasteiger partial charge < -0.3 is 19.3 Å². The van der Waals surface area contributed by atoms with Gasteiger partial charge in [-0.25, -0.2) is 0 Å². The number of nitrogens with zero attached hydrogens (tertiary/aromatic N) is 2. The fourth-order valence-electron chi connectivity index (χ4n) is 3.76. The molecule has 6 heteroatoms. The van der Waals surface area contributed by atoms with Gasteiger partial charge in [0, 0.05) is 32.0 Å². The average Bonchev–Trinajstić information content (AvgIpc) is 3.04. The van der Waals surface area contributed by atoms with Crippen LogP contribution in [0.1, 0.15) is 39.5 Å². The summed E-state index contributed by atoms with van der Waals surface area (Å²) >= 11 is 0. The minimum Gasteiger partial charge on any atom is -0.371 e. The van der Waals surface area contributed by atoms with E-state index in [1.807, 2.05) is 23.6 Å². The molecule has 3 rings (SSSR count). The van der Waals surface area contributed by atoms with Crippen LogP contribution in [0.5, 0.6) is 0 Å². The van der Waals surface area contributed by atoms with Crippen molar-refractivity contribution in [2.24, 2.45) is 5.92 Å². The third-order valence-corrected chi connectivity index (χ3v) is 5.11. The van der Waals surface area contributed by atoms with Crippen molar-refractivity contribution in [2.75, 3.05) is 39.4 Å². The Morgan fingerprint density at radius 1 is 1.22 bits per heavy atom. The van der Waals surface area contributed by atoms with Gasteiger partial charge in [0.1, 0.15) is 12.2 Å². The number of carbonyl (C=O) groups excluding carboxylic acids is 2. The standard InChI is InChI=1S/C17H28N2O4/c1-13(2)16(21)19-11-17(12-19)9-14(5-8-23-17)22-10-15(20)18-6-3-4-7-18/h13-14H,3-12H2,1-2H3. The van der Waals surface area contributed by atoms with Crippen molar-refractivity contribution in [1.29, 1.82) is 0 Å². The first-order chi connectivity index (χ1) is 11.0. The number of rotatable bonds is 4. The minimum absolute atomic E-state index is 0.0288. The Labute approximate surface area is 138 Å². The molecule has 0 saturated carbocycles. The summed E-state index contributed by atoms with van der Waals surface area (Å²) in [5.74, 6) is 0.320. The molecule has 130 valence electrons. The highest BCUT2D eigenvalue weighted by atomic mass is 16.5. The molecule has 0 aromatic rings. The lowest BCUT2D eigenvalue weighted by atomic mass is 9.84. The van der Waals surface area contributed by atoms with Crippen molar-refractivity contribution in [3.05, 3.63) is 0 Å². The molecule has 0 aromatic carbocycles. The first-order valence-electron chi connectivity index (χ1n) is 8.81. The van der Waals surface area contributed by atoms with E-state index in [2.05, 4.69) is 0 Å². The van der Waals surface area contributed by atoms with Crippen LogP contribution in [-0.2, 0) is 19.1 Å². The second-order valence-electron chi connectivity index (χ2n) is 7.39. The van der Waals surface area contributed by atoms with E-state index < -0.39 is 0 Å². The molecule has 3 aliphatic heterocycles. The molecule has 0 bridgehead atoms. The molecular weight excluding hydrogens is 296 g/mol. The summed E-state index contributed by atoms with van der Waals surface area (Å²) in [5, 5.41) is 0. The zero-order valence-electron chi connectivity index (χ0n) is 14.3. The Balaban J connectivity index is 1.44. The Hall–Kier alpha value is -1.14. The van der Waals surface area contributed by atoms with E-state index in [1.165, 1.54) is 0 Å². The first-order valence-corrected chi connectivity index (χ1v) is 8.81. The van der Waals surface area contributed by atoms with E-state index >= 15 is 0 Å². The van der Waals surface area contributed by atoms with Crippen LogP contribution in [0.2, 0.25) is 0 Å². The summed E-state index contributed by atoms with van der Waals surface area (Å²) < 4.78 is 11.8. The molecule has 0 aromatic heterocycles. The number of carbonyl (C=O) groups is 2. The lowest BCUT2D eigenvalue weighted by Gasteiger charge is -2.53. The molecule has 1 spiro atoms. The maximum absolute atomic E-state index is 12.1. The maximum atomic E-state index is 12.1. The Bertz CT molecular complexity index is 454.